The molecule has 4 aromatic rings. The number of hydrogen-bond donors (Lipinski definition) is 1. The van der Waals surface area contributed by atoms with Crippen molar-refractivity contribution in [1.82, 2.24) is 29.9 Å². The third-order valence-corrected chi connectivity index (χ3v) is 5.09. The van der Waals surface area contributed by atoms with Crippen LogP contribution in [0.25, 0.3) is 22.8 Å². The summed E-state index contributed by atoms with van der Waals surface area (Å²) in [5, 5.41) is 26.1. The number of carboxylic acids is 1. The van der Waals surface area contributed by atoms with Crippen molar-refractivity contribution in [2.24, 2.45) is 0 Å². The predicted molar refractivity (Wildman–Crippen MR) is 105 cm³/mol. The van der Waals surface area contributed by atoms with Gasteiger partial charge in [-0.25, -0.2) is 4.68 Å². The molecule has 0 saturated carbocycles. The first-order chi connectivity index (χ1) is 13.9. The number of benzene rings is 1. The molecule has 9 nitrogen and oxygen atoms in total. The number of nitrogens with zero attached hydrogens (tertiary/aromatic N) is 6. The van der Waals surface area contributed by atoms with Crippen molar-refractivity contribution in [3.05, 3.63) is 57.3 Å². The van der Waals surface area contributed by atoms with Gasteiger partial charge in [-0.05, 0) is 23.8 Å². The highest BCUT2D eigenvalue weighted by Gasteiger charge is 2.15. The molecular weight excluding hydrogens is 443 g/mol. The Morgan fingerprint density at radius 3 is 2.55 bits per heavy atom. The molecule has 29 heavy (non-hydrogen) atoms. The van der Waals surface area contributed by atoms with Crippen molar-refractivity contribution in [3.8, 4) is 22.8 Å². The second-order valence-corrected chi connectivity index (χ2v) is 7.24. The topological polar surface area (TPSA) is 112 Å². The van der Waals surface area contributed by atoms with Gasteiger partial charge in [0.1, 0.15) is 23.6 Å². The van der Waals surface area contributed by atoms with Crippen LogP contribution in [-0.4, -0.2) is 41.0 Å². The van der Waals surface area contributed by atoms with E-state index in [-0.39, 0.29) is 6.54 Å². The summed E-state index contributed by atoms with van der Waals surface area (Å²) in [5.74, 6) is -0.604. The molecule has 0 bridgehead atoms. The normalized spacial score (nSPS) is 11.1. The zero-order valence-electron chi connectivity index (χ0n) is 14.5. The van der Waals surface area contributed by atoms with Crippen LogP contribution < -0.4 is 0 Å². The van der Waals surface area contributed by atoms with Gasteiger partial charge in [-0.1, -0.05) is 45.2 Å². The molecule has 3 heterocycles. The third kappa shape index (κ3) is 4.26. The largest absolute Gasteiger partial charge is 0.480 e. The Bertz CT molecular complexity index is 1180. The molecular formula is C17H11Cl3N6O3. The van der Waals surface area contributed by atoms with Crippen LogP contribution in [-0.2, 0) is 17.9 Å². The maximum absolute atomic E-state index is 10.8. The molecule has 3 aromatic heterocycles. The van der Waals surface area contributed by atoms with E-state index < -0.39 is 5.97 Å². The van der Waals surface area contributed by atoms with Crippen molar-refractivity contribution in [2.45, 2.75) is 13.1 Å². The zero-order valence-corrected chi connectivity index (χ0v) is 16.7. The highest BCUT2D eigenvalue weighted by atomic mass is 35.5. The lowest BCUT2D eigenvalue weighted by Crippen LogP contribution is -2.08. The van der Waals surface area contributed by atoms with Crippen LogP contribution in [0.3, 0.4) is 0 Å². The van der Waals surface area contributed by atoms with E-state index in [4.69, 9.17) is 44.4 Å². The first-order valence-corrected chi connectivity index (χ1v) is 9.28. The molecule has 0 fully saturated rings. The number of aliphatic carboxylic acids is 1. The van der Waals surface area contributed by atoms with Crippen molar-refractivity contribution >= 4 is 40.8 Å². The van der Waals surface area contributed by atoms with Crippen LogP contribution in [0.15, 0.2) is 41.2 Å². The fourth-order valence-corrected chi connectivity index (χ4v) is 3.26. The monoisotopic (exact) mass is 452 g/mol. The van der Waals surface area contributed by atoms with Gasteiger partial charge in [0, 0.05) is 12.3 Å². The summed E-state index contributed by atoms with van der Waals surface area (Å²) in [6, 6.07) is 6.70. The van der Waals surface area contributed by atoms with E-state index in [1.807, 2.05) is 0 Å². The van der Waals surface area contributed by atoms with Crippen LogP contribution >= 0.6 is 34.8 Å². The van der Waals surface area contributed by atoms with E-state index in [2.05, 4.69) is 20.6 Å². The summed E-state index contributed by atoms with van der Waals surface area (Å²) in [6.07, 6.45) is 3.24. The maximum Gasteiger partial charge on any atom is 0.325 e. The number of hydrogen-bond acceptors (Lipinski definition) is 6. The van der Waals surface area contributed by atoms with Crippen molar-refractivity contribution in [2.75, 3.05) is 0 Å². The van der Waals surface area contributed by atoms with Crippen molar-refractivity contribution < 1.29 is 14.4 Å². The van der Waals surface area contributed by atoms with Gasteiger partial charge in [-0.2, -0.15) is 5.10 Å². The fourth-order valence-electron chi connectivity index (χ4n) is 2.62. The third-order valence-electron chi connectivity index (χ3n) is 3.89. The van der Waals surface area contributed by atoms with Gasteiger partial charge < -0.3 is 9.63 Å². The average molecular weight is 454 g/mol. The molecule has 0 atom stereocenters. The van der Waals surface area contributed by atoms with E-state index in [1.165, 1.54) is 4.68 Å². The second kappa shape index (κ2) is 7.86. The van der Waals surface area contributed by atoms with Gasteiger partial charge in [-0.15, -0.1) is 5.10 Å². The molecule has 4 rings (SSSR count). The molecule has 0 saturated heterocycles. The minimum atomic E-state index is -0.988. The van der Waals surface area contributed by atoms with Crippen LogP contribution in [0.2, 0.25) is 15.1 Å². The lowest BCUT2D eigenvalue weighted by molar-refractivity contribution is -0.137. The van der Waals surface area contributed by atoms with Gasteiger partial charge in [0.25, 0.3) is 0 Å². The first-order valence-electron chi connectivity index (χ1n) is 8.15. The Kier molecular flexibility index (Phi) is 5.27. The van der Waals surface area contributed by atoms with Gasteiger partial charge >= 0.3 is 5.97 Å². The molecule has 1 aromatic carbocycles. The molecule has 0 aliphatic heterocycles. The number of aromatic nitrogens is 6. The molecule has 0 aliphatic rings. The molecule has 12 heteroatoms. The molecule has 0 radical (unpaired) electrons. The SMILES string of the molecule is O=C(O)Cn1ccc(-c2cc(-c3cn(Cc4cc(Cl)c(Cl)c(Cl)c4)nn3)no2)n1. The maximum atomic E-state index is 10.8. The van der Waals surface area contributed by atoms with Gasteiger partial charge in [0.05, 0.1) is 27.8 Å². The van der Waals surface area contributed by atoms with Crippen LogP contribution in [0, 0.1) is 0 Å². The van der Waals surface area contributed by atoms with E-state index in [0.717, 1.165) is 5.56 Å². The highest BCUT2D eigenvalue weighted by Crippen LogP contribution is 2.31. The summed E-state index contributed by atoms with van der Waals surface area (Å²) in [5.41, 5.74) is 2.23. The molecule has 148 valence electrons. The number of carbonyl (C=O) groups is 1. The smallest absolute Gasteiger partial charge is 0.325 e. The van der Waals surface area contributed by atoms with Gasteiger partial charge in [0.2, 0.25) is 0 Å². The predicted octanol–water partition coefficient (Wildman–Crippen LogP) is 3.89. The Morgan fingerprint density at radius 1 is 1.07 bits per heavy atom. The molecule has 0 spiro atoms. The number of carboxylic acid groups (broad SMARTS) is 1. The van der Waals surface area contributed by atoms with Crippen LogP contribution in [0.4, 0.5) is 0 Å². The Labute approximate surface area is 178 Å². The van der Waals surface area contributed by atoms with Crippen molar-refractivity contribution in [3.63, 3.8) is 0 Å². The van der Waals surface area contributed by atoms with E-state index in [0.29, 0.717) is 44.5 Å². The van der Waals surface area contributed by atoms with Gasteiger partial charge in [0.15, 0.2) is 5.76 Å². The minimum Gasteiger partial charge on any atom is -0.480 e. The molecule has 0 amide bonds. The van der Waals surface area contributed by atoms with Crippen LogP contribution in [0.5, 0.6) is 0 Å². The second-order valence-electron chi connectivity index (χ2n) is 6.04. The first kappa shape index (κ1) is 19.4. The molecule has 0 aliphatic carbocycles. The Hall–Kier alpha value is -2.88. The molecule has 1 N–H and O–H groups in total. The fraction of sp³-hybridized carbons (Fsp3) is 0.118. The van der Waals surface area contributed by atoms with Crippen LogP contribution in [0.1, 0.15) is 5.56 Å². The molecule has 0 unspecified atom stereocenters. The standard InChI is InChI=1S/C17H11Cl3N6O3/c18-10-3-9(4-11(19)17(10)20)6-26-7-14(21-24-26)13-5-15(29-23-13)12-1-2-25(22-12)8-16(27)28/h1-5,7H,6,8H2,(H,27,28). The summed E-state index contributed by atoms with van der Waals surface area (Å²) < 4.78 is 8.18. The number of rotatable bonds is 6. The van der Waals surface area contributed by atoms with E-state index >= 15 is 0 Å². The average Bonchev–Trinajstić information content (AvgIpc) is 3.39. The Morgan fingerprint density at radius 2 is 1.83 bits per heavy atom. The summed E-state index contributed by atoms with van der Waals surface area (Å²) >= 11 is 18.1. The summed E-state index contributed by atoms with van der Waals surface area (Å²) in [4.78, 5) is 10.8. The lowest BCUT2D eigenvalue weighted by Gasteiger charge is -2.05. The van der Waals surface area contributed by atoms with E-state index in [9.17, 15) is 4.79 Å². The summed E-state index contributed by atoms with van der Waals surface area (Å²) in [7, 11) is 0. The quantitative estimate of drug-likeness (QED) is 0.441. The van der Waals surface area contributed by atoms with Gasteiger partial charge in [-0.3, -0.25) is 9.48 Å². The number of halogens is 3. The Balaban J connectivity index is 1.52. The highest BCUT2D eigenvalue weighted by molar-refractivity contribution is 6.48. The van der Waals surface area contributed by atoms with Crippen molar-refractivity contribution in [1.29, 1.82) is 0 Å². The lowest BCUT2D eigenvalue weighted by atomic mass is 10.2. The zero-order chi connectivity index (χ0) is 20.5. The minimum absolute atomic E-state index is 0.242. The van der Waals surface area contributed by atoms with E-state index in [1.54, 1.807) is 41.3 Å². The summed E-state index contributed by atoms with van der Waals surface area (Å²) in [6.45, 7) is 0.141.